The predicted molar refractivity (Wildman–Crippen MR) is 66.7 cm³/mol. The highest BCUT2D eigenvalue weighted by Gasteiger charge is 2.21. The van der Waals surface area contributed by atoms with Crippen LogP contribution in [0, 0.1) is 11.7 Å². The Morgan fingerprint density at radius 1 is 1.29 bits per heavy atom. The van der Waals surface area contributed by atoms with Crippen molar-refractivity contribution in [1.82, 2.24) is 0 Å². The molecule has 0 spiro atoms. The minimum atomic E-state index is -0.398. The van der Waals surface area contributed by atoms with Crippen molar-refractivity contribution in [3.8, 4) is 0 Å². The number of carbonyl (C=O) groups excluding carboxylic acids is 1. The first-order chi connectivity index (χ1) is 8.16. The molecule has 0 radical (unpaired) electrons. The van der Waals surface area contributed by atoms with Gasteiger partial charge in [-0.25, -0.2) is 4.39 Å². The molecule has 3 heteroatoms. The van der Waals surface area contributed by atoms with E-state index in [1.165, 1.54) is 6.07 Å². The maximum atomic E-state index is 13.3. The molecule has 1 nitrogen and oxygen atoms in total. The van der Waals surface area contributed by atoms with Crippen LogP contribution in [0.2, 0.25) is 5.02 Å². The van der Waals surface area contributed by atoms with Gasteiger partial charge in [-0.2, -0.15) is 0 Å². The maximum absolute atomic E-state index is 13.3. The van der Waals surface area contributed by atoms with Gasteiger partial charge in [0, 0.05) is 12.3 Å². The number of Topliss-reactive ketones (excluding diaryl/α,β-unsaturated/α-hetero) is 1. The van der Waals surface area contributed by atoms with Gasteiger partial charge < -0.3 is 0 Å². The largest absolute Gasteiger partial charge is 0.299 e. The molecule has 0 N–H and O–H groups in total. The third-order valence-corrected chi connectivity index (χ3v) is 3.70. The molecule has 1 atom stereocenters. The van der Waals surface area contributed by atoms with Gasteiger partial charge in [0.1, 0.15) is 11.6 Å². The fourth-order valence-electron chi connectivity index (χ4n) is 2.40. The van der Waals surface area contributed by atoms with Crippen LogP contribution in [0.1, 0.15) is 37.7 Å². The zero-order valence-corrected chi connectivity index (χ0v) is 10.5. The molecule has 92 valence electrons. The van der Waals surface area contributed by atoms with Crippen LogP contribution in [-0.2, 0) is 11.2 Å². The Bertz CT molecular complexity index is 417. The molecular weight excluding hydrogens is 239 g/mol. The van der Waals surface area contributed by atoms with Gasteiger partial charge in [0.25, 0.3) is 0 Å². The first-order valence-electron chi connectivity index (χ1n) is 6.13. The van der Waals surface area contributed by atoms with Crippen molar-refractivity contribution in [2.45, 2.75) is 38.5 Å². The third-order valence-electron chi connectivity index (χ3n) is 3.40. The van der Waals surface area contributed by atoms with Crippen LogP contribution >= 0.6 is 11.6 Å². The van der Waals surface area contributed by atoms with Gasteiger partial charge in [0.05, 0.1) is 5.02 Å². The lowest BCUT2D eigenvalue weighted by Gasteiger charge is -2.12. The van der Waals surface area contributed by atoms with Crippen molar-refractivity contribution >= 4 is 17.4 Å². The number of carbonyl (C=O) groups is 1. The van der Waals surface area contributed by atoms with Crippen molar-refractivity contribution < 1.29 is 9.18 Å². The number of benzene rings is 1. The lowest BCUT2D eigenvalue weighted by molar-refractivity contribution is -0.122. The zero-order chi connectivity index (χ0) is 12.3. The Kier molecular flexibility index (Phi) is 4.16. The Morgan fingerprint density at radius 2 is 2.12 bits per heavy atom. The first kappa shape index (κ1) is 12.6. The summed E-state index contributed by atoms with van der Waals surface area (Å²) in [6.45, 7) is 0. The van der Waals surface area contributed by atoms with Crippen LogP contribution in [0.3, 0.4) is 0 Å². The molecule has 1 fully saturated rings. The summed E-state index contributed by atoms with van der Waals surface area (Å²) in [5.74, 6) is 0.00108. The standard InChI is InChI=1S/C14H16ClFO/c15-12-7-6-10(9-13(12)16)8-11-4-2-1-3-5-14(11)17/h6-7,9,11H,1-5,8H2. The molecule has 1 aliphatic carbocycles. The van der Waals surface area contributed by atoms with Gasteiger partial charge in [0.15, 0.2) is 0 Å². The van der Waals surface area contributed by atoms with E-state index in [0.29, 0.717) is 18.6 Å². The summed E-state index contributed by atoms with van der Waals surface area (Å²) >= 11 is 5.64. The molecular formula is C14H16ClFO. The van der Waals surface area contributed by atoms with Crippen molar-refractivity contribution in [2.75, 3.05) is 0 Å². The highest BCUT2D eigenvalue weighted by molar-refractivity contribution is 6.30. The lowest BCUT2D eigenvalue weighted by atomic mass is 9.91. The summed E-state index contributed by atoms with van der Waals surface area (Å²) in [7, 11) is 0. The number of halogens is 2. The van der Waals surface area contributed by atoms with E-state index in [9.17, 15) is 9.18 Å². The van der Waals surface area contributed by atoms with Crippen molar-refractivity contribution in [3.05, 3.63) is 34.6 Å². The van der Waals surface area contributed by atoms with Gasteiger partial charge in [-0.3, -0.25) is 4.79 Å². The van der Waals surface area contributed by atoms with Gasteiger partial charge in [-0.05, 0) is 37.0 Å². The van der Waals surface area contributed by atoms with Crippen molar-refractivity contribution in [2.24, 2.45) is 5.92 Å². The normalized spacial score (nSPS) is 21.3. The molecule has 1 unspecified atom stereocenters. The molecule has 0 aromatic heterocycles. The Morgan fingerprint density at radius 3 is 2.88 bits per heavy atom. The molecule has 0 bridgehead atoms. The monoisotopic (exact) mass is 254 g/mol. The number of hydrogen-bond donors (Lipinski definition) is 0. The first-order valence-corrected chi connectivity index (χ1v) is 6.51. The molecule has 0 aliphatic heterocycles. The van der Waals surface area contributed by atoms with E-state index in [1.54, 1.807) is 6.07 Å². The Hall–Kier alpha value is -0.890. The fraction of sp³-hybridized carbons (Fsp3) is 0.500. The maximum Gasteiger partial charge on any atom is 0.142 e. The second-order valence-electron chi connectivity index (χ2n) is 4.72. The van der Waals surface area contributed by atoms with Crippen LogP contribution in [0.4, 0.5) is 4.39 Å². The molecule has 0 heterocycles. The second kappa shape index (κ2) is 5.63. The van der Waals surface area contributed by atoms with E-state index in [2.05, 4.69) is 0 Å². The van der Waals surface area contributed by atoms with Crippen LogP contribution in [-0.4, -0.2) is 5.78 Å². The number of hydrogen-bond acceptors (Lipinski definition) is 1. The average molecular weight is 255 g/mol. The summed E-state index contributed by atoms with van der Waals surface area (Å²) in [6, 6.07) is 4.82. The van der Waals surface area contributed by atoms with Gasteiger partial charge in [-0.15, -0.1) is 0 Å². The van der Waals surface area contributed by atoms with Crippen molar-refractivity contribution in [3.63, 3.8) is 0 Å². The molecule has 0 saturated heterocycles. The minimum absolute atomic E-state index is 0.0677. The van der Waals surface area contributed by atoms with E-state index in [1.807, 2.05) is 6.07 Å². The molecule has 1 aliphatic rings. The van der Waals surface area contributed by atoms with E-state index in [0.717, 1.165) is 31.2 Å². The predicted octanol–water partition coefficient (Wildman–Crippen LogP) is 4.17. The summed E-state index contributed by atoms with van der Waals surface area (Å²) in [5, 5.41) is 0.140. The molecule has 17 heavy (non-hydrogen) atoms. The van der Waals surface area contributed by atoms with Crippen LogP contribution < -0.4 is 0 Å². The summed E-state index contributed by atoms with van der Waals surface area (Å²) in [4.78, 5) is 11.9. The van der Waals surface area contributed by atoms with Gasteiger partial charge >= 0.3 is 0 Å². The van der Waals surface area contributed by atoms with Crippen LogP contribution in [0.15, 0.2) is 18.2 Å². The molecule has 1 aromatic carbocycles. The SMILES string of the molecule is O=C1CCCCCC1Cc1ccc(Cl)c(F)c1. The van der Waals surface area contributed by atoms with Crippen molar-refractivity contribution in [1.29, 1.82) is 0 Å². The minimum Gasteiger partial charge on any atom is -0.299 e. The highest BCUT2D eigenvalue weighted by atomic mass is 35.5. The van der Waals surface area contributed by atoms with E-state index < -0.39 is 5.82 Å². The second-order valence-corrected chi connectivity index (χ2v) is 5.12. The van der Waals surface area contributed by atoms with E-state index >= 15 is 0 Å². The summed E-state index contributed by atoms with van der Waals surface area (Å²) < 4.78 is 13.3. The zero-order valence-electron chi connectivity index (χ0n) is 9.72. The smallest absolute Gasteiger partial charge is 0.142 e. The number of ketones is 1. The summed E-state index contributed by atoms with van der Waals surface area (Å²) in [6.07, 6.45) is 5.50. The molecule has 1 aromatic rings. The Labute approximate surface area is 106 Å². The third kappa shape index (κ3) is 3.29. The molecule has 1 saturated carbocycles. The highest BCUT2D eigenvalue weighted by Crippen LogP contribution is 2.25. The lowest BCUT2D eigenvalue weighted by Crippen LogP contribution is -2.15. The molecule has 2 rings (SSSR count). The van der Waals surface area contributed by atoms with E-state index in [4.69, 9.17) is 11.6 Å². The van der Waals surface area contributed by atoms with Gasteiger partial charge in [0.2, 0.25) is 0 Å². The number of rotatable bonds is 2. The molecule has 0 amide bonds. The Balaban J connectivity index is 2.08. The van der Waals surface area contributed by atoms with Gasteiger partial charge in [-0.1, -0.05) is 30.5 Å². The quantitative estimate of drug-likeness (QED) is 0.724. The van der Waals surface area contributed by atoms with Crippen LogP contribution in [0.25, 0.3) is 0 Å². The topological polar surface area (TPSA) is 17.1 Å². The fourth-order valence-corrected chi connectivity index (χ4v) is 2.52. The average Bonchev–Trinajstić information content (AvgIpc) is 2.50. The van der Waals surface area contributed by atoms with Crippen LogP contribution in [0.5, 0.6) is 0 Å². The van der Waals surface area contributed by atoms with E-state index in [-0.39, 0.29) is 10.9 Å². The summed E-state index contributed by atoms with van der Waals surface area (Å²) in [5.41, 5.74) is 0.868.